The number of ether oxygens (including phenoxy) is 1. The quantitative estimate of drug-likeness (QED) is 0.128. The van der Waals surface area contributed by atoms with Gasteiger partial charge in [-0.25, -0.2) is 0 Å². The number of rotatable bonds is 13. The topological polar surface area (TPSA) is 12.5 Å². The predicted octanol–water partition coefficient (Wildman–Crippen LogP) is 6.43. The summed E-state index contributed by atoms with van der Waals surface area (Å²) in [5.74, 6) is 0. The Morgan fingerprint density at radius 2 is 0.795 bits per heavy atom. The monoisotopic (exact) mass is 531 g/mol. The summed E-state index contributed by atoms with van der Waals surface area (Å²) in [6, 6.07) is 54.7. The van der Waals surface area contributed by atoms with Crippen molar-refractivity contribution in [2.24, 2.45) is 0 Å². The summed E-state index contributed by atoms with van der Waals surface area (Å²) < 4.78 is 6.45. The second-order valence-corrected chi connectivity index (χ2v) is 14.1. The third-order valence-corrected chi connectivity index (χ3v) is 12.4. The third-order valence-electron chi connectivity index (χ3n) is 7.47. The van der Waals surface area contributed by atoms with Crippen LogP contribution in [0.3, 0.4) is 0 Å². The maximum absolute atomic E-state index is 6.45. The van der Waals surface area contributed by atoms with Gasteiger partial charge in [-0.3, -0.25) is 0 Å². The van der Waals surface area contributed by atoms with E-state index in [0.29, 0.717) is 6.61 Å². The van der Waals surface area contributed by atoms with Crippen molar-refractivity contribution in [3.8, 4) is 0 Å². The van der Waals surface area contributed by atoms with Crippen LogP contribution in [0.1, 0.15) is 11.1 Å². The molecule has 0 fully saturated rings. The van der Waals surface area contributed by atoms with Gasteiger partial charge in [-0.1, -0.05) is 0 Å². The Morgan fingerprint density at radius 1 is 0.436 bits per heavy atom. The third kappa shape index (κ3) is 7.11. The Hall–Kier alpha value is -3.55. The molecular formula is C36H38NOP. The van der Waals surface area contributed by atoms with E-state index in [2.05, 4.69) is 157 Å². The van der Waals surface area contributed by atoms with Gasteiger partial charge in [-0.2, -0.15) is 0 Å². The van der Waals surface area contributed by atoms with Gasteiger partial charge in [0.05, 0.1) is 0 Å². The molecule has 0 aliphatic heterocycles. The Labute approximate surface area is 234 Å². The van der Waals surface area contributed by atoms with Crippen LogP contribution in [0.5, 0.6) is 0 Å². The summed E-state index contributed by atoms with van der Waals surface area (Å²) in [5.41, 5.74) is 2.66. The van der Waals surface area contributed by atoms with Gasteiger partial charge in [-0.05, 0) is 0 Å². The minimum atomic E-state index is -2.26. The van der Waals surface area contributed by atoms with Crippen LogP contribution < -0.4 is 15.9 Å². The van der Waals surface area contributed by atoms with Crippen LogP contribution in [-0.2, 0) is 17.8 Å². The molecule has 39 heavy (non-hydrogen) atoms. The average Bonchev–Trinajstić information content (AvgIpc) is 3.01. The maximum atomic E-state index is 6.45. The second kappa shape index (κ2) is 14.0. The fourth-order valence-corrected chi connectivity index (χ4v) is 10.1. The molecule has 0 radical (unpaired) electrons. The van der Waals surface area contributed by atoms with E-state index in [4.69, 9.17) is 4.74 Å². The van der Waals surface area contributed by atoms with Gasteiger partial charge in [0.25, 0.3) is 0 Å². The molecule has 0 saturated heterocycles. The zero-order valence-electron chi connectivity index (χ0n) is 22.5. The average molecular weight is 532 g/mol. The van der Waals surface area contributed by atoms with Gasteiger partial charge >= 0.3 is 235 Å². The second-order valence-electron chi connectivity index (χ2n) is 10.0. The fraction of sp³-hybridized carbons (Fsp3) is 0.167. The molecule has 0 N–H and O–H groups in total. The first-order valence-corrected chi connectivity index (χ1v) is 16.1. The molecule has 0 spiro atoms. The summed E-state index contributed by atoms with van der Waals surface area (Å²) in [6.45, 7) is 4.16. The van der Waals surface area contributed by atoms with Crippen molar-refractivity contribution in [3.63, 3.8) is 0 Å². The van der Waals surface area contributed by atoms with Crippen molar-refractivity contribution >= 4 is 23.2 Å². The molecule has 0 aliphatic rings. The Bertz CT molecular complexity index is 1220. The summed E-state index contributed by atoms with van der Waals surface area (Å²) in [6.07, 6.45) is 1.00. The van der Waals surface area contributed by atoms with Crippen molar-refractivity contribution in [1.29, 1.82) is 0 Å². The van der Waals surface area contributed by atoms with Gasteiger partial charge in [0, 0.05) is 0 Å². The van der Waals surface area contributed by atoms with Gasteiger partial charge in [0.1, 0.15) is 0 Å². The standard InChI is InChI=1S/C36H38NOP/c1-6-16-32(17-7-1)30-37(31-33-18-8-2-9-19-33)26-27-38-28-29-39(34-20-10-3-11-21-34,35-22-12-4-13-23-35)36-24-14-5-15-25-36/h1-25,39H,26-31H2. The first-order chi connectivity index (χ1) is 19.3. The molecule has 3 heteroatoms. The van der Waals surface area contributed by atoms with E-state index in [0.717, 1.165) is 32.4 Å². The van der Waals surface area contributed by atoms with Crippen LogP contribution in [-0.4, -0.2) is 30.8 Å². The number of hydrogen-bond donors (Lipinski definition) is 0. The van der Waals surface area contributed by atoms with Gasteiger partial charge < -0.3 is 0 Å². The molecule has 0 saturated carbocycles. The molecule has 5 aromatic carbocycles. The molecule has 0 heterocycles. The van der Waals surface area contributed by atoms with Gasteiger partial charge in [-0.15, -0.1) is 0 Å². The SMILES string of the molecule is c1ccc(CN(CCOCC[PH](c2ccccc2)(c2ccccc2)c2ccccc2)Cc2ccccc2)cc1. The minimum absolute atomic E-state index is 0.711. The van der Waals surface area contributed by atoms with E-state index < -0.39 is 7.26 Å². The van der Waals surface area contributed by atoms with Crippen LogP contribution in [0.15, 0.2) is 152 Å². The van der Waals surface area contributed by atoms with E-state index in [1.54, 1.807) is 0 Å². The molecule has 198 valence electrons. The van der Waals surface area contributed by atoms with Crippen molar-refractivity contribution < 1.29 is 4.74 Å². The molecule has 0 aromatic heterocycles. The molecule has 0 unspecified atom stereocenters. The summed E-state index contributed by atoms with van der Waals surface area (Å²) >= 11 is 0. The molecule has 0 aliphatic carbocycles. The van der Waals surface area contributed by atoms with Crippen LogP contribution in [0.4, 0.5) is 0 Å². The van der Waals surface area contributed by atoms with Crippen LogP contribution in [0.25, 0.3) is 0 Å². The van der Waals surface area contributed by atoms with E-state index >= 15 is 0 Å². The van der Waals surface area contributed by atoms with Crippen molar-refractivity contribution in [1.82, 2.24) is 4.90 Å². The number of hydrogen-bond acceptors (Lipinski definition) is 2. The Kier molecular flexibility index (Phi) is 9.71. The van der Waals surface area contributed by atoms with E-state index in [1.165, 1.54) is 27.0 Å². The van der Waals surface area contributed by atoms with E-state index in [-0.39, 0.29) is 0 Å². The normalized spacial score (nSPS) is 11.9. The van der Waals surface area contributed by atoms with Crippen molar-refractivity contribution in [2.75, 3.05) is 25.9 Å². The summed E-state index contributed by atoms with van der Waals surface area (Å²) in [7, 11) is -2.26. The Morgan fingerprint density at radius 3 is 1.18 bits per heavy atom. The zero-order chi connectivity index (χ0) is 26.6. The van der Waals surface area contributed by atoms with Crippen LogP contribution >= 0.6 is 7.26 Å². The predicted molar refractivity (Wildman–Crippen MR) is 169 cm³/mol. The van der Waals surface area contributed by atoms with Crippen LogP contribution in [0.2, 0.25) is 0 Å². The summed E-state index contributed by atoms with van der Waals surface area (Å²) in [4.78, 5) is 2.49. The molecule has 0 bridgehead atoms. The van der Waals surface area contributed by atoms with Gasteiger partial charge in [0.15, 0.2) is 0 Å². The number of benzene rings is 5. The zero-order valence-corrected chi connectivity index (χ0v) is 23.5. The first-order valence-electron chi connectivity index (χ1n) is 13.9. The van der Waals surface area contributed by atoms with Crippen molar-refractivity contribution in [2.45, 2.75) is 13.1 Å². The Balaban J connectivity index is 1.31. The molecule has 5 rings (SSSR count). The first kappa shape index (κ1) is 27.0. The summed E-state index contributed by atoms with van der Waals surface area (Å²) in [5, 5.41) is 4.29. The molecule has 5 aromatic rings. The molecule has 0 atom stereocenters. The van der Waals surface area contributed by atoms with E-state index in [1.807, 2.05) is 0 Å². The van der Waals surface area contributed by atoms with Gasteiger partial charge in [0.2, 0.25) is 0 Å². The molecular weight excluding hydrogens is 493 g/mol. The van der Waals surface area contributed by atoms with E-state index in [9.17, 15) is 0 Å². The fourth-order valence-electron chi connectivity index (χ4n) is 5.52. The van der Waals surface area contributed by atoms with Crippen LogP contribution in [0, 0.1) is 0 Å². The molecule has 2 nitrogen and oxygen atoms in total. The number of nitrogens with zero attached hydrogens (tertiary/aromatic N) is 1. The molecule has 0 amide bonds. The van der Waals surface area contributed by atoms with Crippen molar-refractivity contribution in [3.05, 3.63) is 163 Å².